The molecule has 1 N–H and O–H groups in total. The molecular weight excluding hydrogens is 402 g/mol. The quantitative estimate of drug-likeness (QED) is 0.645. The largest absolute Gasteiger partial charge is 0.347 e. The lowest BCUT2D eigenvalue weighted by Gasteiger charge is -2.31. The molecule has 0 aliphatic carbocycles. The predicted octanol–water partition coefficient (Wildman–Crippen LogP) is 4.04. The Labute approximate surface area is 178 Å². The molecule has 8 heteroatoms. The summed E-state index contributed by atoms with van der Waals surface area (Å²) in [5.74, 6) is 0.154. The number of hydrogen-bond acceptors (Lipinski definition) is 5. The molecule has 0 bridgehead atoms. The number of imide groups is 1. The Bertz CT molecular complexity index is 1110. The minimum absolute atomic E-state index is 0.0110. The number of carbonyl (C=O) groups excluding carboxylic acids is 2. The molecular formula is C22H20ClN5O2. The summed E-state index contributed by atoms with van der Waals surface area (Å²) in [5, 5.41) is 8.66. The zero-order valence-electron chi connectivity index (χ0n) is 16.4. The van der Waals surface area contributed by atoms with Crippen molar-refractivity contribution in [2.45, 2.75) is 38.3 Å². The first-order chi connectivity index (χ1) is 14.5. The van der Waals surface area contributed by atoms with Gasteiger partial charge in [0.1, 0.15) is 0 Å². The van der Waals surface area contributed by atoms with Gasteiger partial charge < -0.3 is 5.32 Å². The summed E-state index contributed by atoms with van der Waals surface area (Å²) >= 11 is 6.06. The molecule has 3 aromatic rings. The first-order valence-electron chi connectivity index (χ1n) is 9.90. The van der Waals surface area contributed by atoms with Crippen LogP contribution in [0.2, 0.25) is 5.02 Å². The number of anilines is 2. The number of nitrogens with one attached hydrogen (secondary N) is 1. The van der Waals surface area contributed by atoms with Gasteiger partial charge in [0, 0.05) is 17.9 Å². The maximum atomic E-state index is 12.2. The van der Waals surface area contributed by atoms with E-state index in [2.05, 4.69) is 39.7 Å². The Morgan fingerprint density at radius 1 is 0.967 bits per heavy atom. The van der Waals surface area contributed by atoms with E-state index >= 15 is 0 Å². The molecule has 2 atom stereocenters. The van der Waals surface area contributed by atoms with Gasteiger partial charge in [-0.05, 0) is 36.6 Å². The second-order valence-corrected chi connectivity index (χ2v) is 8.15. The molecule has 0 saturated carbocycles. The molecule has 30 heavy (non-hydrogen) atoms. The van der Waals surface area contributed by atoms with Crippen molar-refractivity contribution in [1.29, 1.82) is 0 Å². The Morgan fingerprint density at radius 3 is 2.27 bits per heavy atom. The molecule has 3 heterocycles. The second kappa shape index (κ2) is 7.25. The van der Waals surface area contributed by atoms with Crippen LogP contribution < -0.4 is 10.2 Å². The van der Waals surface area contributed by atoms with Crippen molar-refractivity contribution in [3.05, 3.63) is 70.2 Å². The van der Waals surface area contributed by atoms with Gasteiger partial charge in [0.2, 0.25) is 17.8 Å². The lowest BCUT2D eigenvalue weighted by Crippen LogP contribution is -2.30. The first-order valence-corrected chi connectivity index (χ1v) is 10.3. The summed E-state index contributed by atoms with van der Waals surface area (Å²) in [5.41, 5.74) is 3.35. The third-order valence-corrected chi connectivity index (χ3v) is 5.92. The SMILES string of the molecule is Cc1ccc(C2CC(c3ccc(Cl)cc3)Nc3nc(N4C(=O)CCC4=O)nn32)cc1. The maximum Gasteiger partial charge on any atom is 0.260 e. The lowest BCUT2D eigenvalue weighted by molar-refractivity contribution is -0.121. The predicted molar refractivity (Wildman–Crippen MR) is 113 cm³/mol. The second-order valence-electron chi connectivity index (χ2n) is 7.71. The molecule has 1 saturated heterocycles. The molecule has 152 valence electrons. The van der Waals surface area contributed by atoms with Gasteiger partial charge in [0.15, 0.2) is 0 Å². The summed E-state index contributed by atoms with van der Waals surface area (Å²) in [6.07, 6.45) is 1.14. The van der Waals surface area contributed by atoms with Crippen LogP contribution in [0.4, 0.5) is 11.9 Å². The van der Waals surface area contributed by atoms with E-state index in [1.165, 1.54) is 5.56 Å². The van der Waals surface area contributed by atoms with Crippen LogP contribution in [0.5, 0.6) is 0 Å². The van der Waals surface area contributed by atoms with E-state index in [1.807, 2.05) is 31.2 Å². The van der Waals surface area contributed by atoms with E-state index in [9.17, 15) is 9.59 Å². The highest BCUT2D eigenvalue weighted by Crippen LogP contribution is 2.39. The first kappa shape index (κ1) is 18.8. The van der Waals surface area contributed by atoms with Crippen molar-refractivity contribution in [2.75, 3.05) is 10.2 Å². The van der Waals surface area contributed by atoms with Gasteiger partial charge in [-0.3, -0.25) is 9.59 Å². The molecule has 2 unspecified atom stereocenters. The Balaban J connectivity index is 1.57. The lowest BCUT2D eigenvalue weighted by atomic mass is 9.93. The molecule has 1 fully saturated rings. The van der Waals surface area contributed by atoms with Crippen LogP contribution >= 0.6 is 11.6 Å². The van der Waals surface area contributed by atoms with E-state index in [-0.39, 0.29) is 42.7 Å². The summed E-state index contributed by atoms with van der Waals surface area (Å²) in [7, 11) is 0. The number of rotatable bonds is 3. The molecule has 2 amide bonds. The Hall–Kier alpha value is -3.19. The average molecular weight is 422 g/mol. The summed E-state index contributed by atoms with van der Waals surface area (Å²) < 4.78 is 1.78. The standard InChI is InChI=1S/C22H20ClN5O2/c1-13-2-4-15(5-3-13)18-12-17(14-6-8-16(23)9-7-14)24-21-25-22(26-28(18)21)27-19(29)10-11-20(27)30/h2-9,17-18H,10-12H2,1H3,(H,24,25,26). The maximum absolute atomic E-state index is 12.2. The highest BCUT2D eigenvalue weighted by atomic mass is 35.5. The molecule has 2 aliphatic rings. The van der Waals surface area contributed by atoms with E-state index < -0.39 is 0 Å². The van der Waals surface area contributed by atoms with Gasteiger partial charge in [-0.2, -0.15) is 4.98 Å². The van der Waals surface area contributed by atoms with Gasteiger partial charge in [-0.1, -0.05) is 53.6 Å². The fraction of sp³-hybridized carbons (Fsp3) is 0.273. The monoisotopic (exact) mass is 421 g/mol. The third kappa shape index (κ3) is 3.25. The van der Waals surface area contributed by atoms with Gasteiger partial charge in [0.25, 0.3) is 5.95 Å². The molecule has 5 rings (SSSR count). The van der Waals surface area contributed by atoms with E-state index in [1.54, 1.807) is 4.68 Å². The van der Waals surface area contributed by atoms with Crippen molar-refractivity contribution in [3.63, 3.8) is 0 Å². The van der Waals surface area contributed by atoms with Crippen LogP contribution in [0.15, 0.2) is 48.5 Å². The number of aryl methyl sites for hydroxylation is 1. The molecule has 1 aromatic heterocycles. The minimum Gasteiger partial charge on any atom is -0.347 e. The number of amides is 2. The van der Waals surface area contributed by atoms with Gasteiger partial charge in [-0.15, -0.1) is 5.10 Å². The number of aromatic nitrogens is 3. The van der Waals surface area contributed by atoms with Crippen LogP contribution in [-0.4, -0.2) is 26.6 Å². The summed E-state index contributed by atoms with van der Waals surface area (Å²) in [6.45, 7) is 2.05. The van der Waals surface area contributed by atoms with Crippen LogP contribution in [-0.2, 0) is 9.59 Å². The van der Waals surface area contributed by atoms with E-state index in [0.29, 0.717) is 11.0 Å². The molecule has 2 aliphatic heterocycles. The molecule has 0 spiro atoms. The normalized spacial score (nSPS) is 20.9. The van der Waals surface area contributed by atoms with Gasteiger partial charge in [-0.25, -0.2) is 9.58 Å². The number of hydrogen-bond donors (Lipinski definition) is 1. The number of halogens is 1. The fourth-order valence-electron chi connectivity index (χ4n) is 4.04. The summed E-state index contributed by atoms with van der Waals surface area (Å²) in [4.78, 5) is 30.0. The smallest absolute Gasteiger partial charge is 0.260 e. The zero-order chi connectivity index (χ0) is 20.8. The number of nitrogens with zero attached hydrogens (tertiary/aromatic N) is 4. The number of benzene rings is 2. The highest BCUT2D eigenvalue weighted by molar-refractivity contribution is 6.30. The minimum atomic E-state index is -0.260. The fourth-order valence-corrected chi connectivity index (χ4v) is 4.17. The summed E-state index contributed by atoms with van der Waals surface area (Å²) in [6, 6.07) is 15.9. The Kier molecular flexibility index (Phi) is 4.55. The van der Waals surface area contributed by atoms with Crippen LogP contribution in [0.1, 0.15) is 48.0 Å². The number of fused-ring (bicyclic) bond motifs is 1. The van der Waals surface area contributed by atoms with Crippen molar-refractivity contribution in [3.8, 4) is 0 Å². The van der Waals surface area contributed by atoms with Crippen molar-refractivity contribution in [2.24, 2.45) is 0 Å². The van der Waals surface area contributed by atoms with Crippen LogP contribution in [0.3, 0.4) is 0 Å². The topological polar surface area (TPSA) is 80.1 Å². The van der Waals surface area contributed by atoms with Crippen molar-refractivity contribution in [1.82, 2.24) is 14.8 Å². The van der Waals surface area contributed by atoms with Crippen LogP contribution in [0.25, 0.3) is 0 Å². The van der Waals surface area contributed by atoms with Crippen molar-refractivity contribution < 1.29 is 9.59 Å². The van der Waals surface area contributed by atoms with Gasteiger partial charge in [0.05, 0.1) is 12.1 Å². The molecule has 7 nitrogen and oxygen atoms in total. The number of carbonyl (C=O) groups is 2. The van der Waals surface area contributed by atoms with E-state index in [4.69, 9.17) is 11.6 Å². The third-order valence-electron chi connectivity index (χ3n) is 5.66. The average Bonchev–Trinajstić information content (AvgIpc) is 3.30. The highest BCUT2D eigenvalue weighted by Gasteiger charge is 2.37. The van der Waals surface area contributed by atoms with Crippen LogP contribution in [0, 0.1) is 6.92 Å². The van der Waals surface area contributed by atoms with Crippen molar-refractivity contribution >= 4 is 35.3 Å². The van der Waals surface area contributed by atoms with Gasteiger partial charge >= 0.3 is 0 Å². The zero-order valence-corrected chi connectivity index (χ0v) is 17.1. The molecule has 2 aromatic carbocycles. The Morgan fingerprint density at radius 2 is 1.60 bits per heavy atom. The molecule has 0 radical (unpaired) electrons. The van der Waals surface area contributed by atoms with E-state index in [0.717, 1.165) is 22.4 Å².